The number of ketones is 1. The summed E-state index contributed by atoms with van der Waals surface area (Å²) in [4.78, 5) is 13.0. The Labute approximate surface area is 126 Å². The third-order valence-corrected chi connectivity index (χ3v) is 4.45. The van der Waals surface area contributed by atoms with Crippen LogP contribution in [0.3, 0.4) is 0 Å². The molecule has 0 aliphatic heterocycles. The minimum Gasteiger partial charge on any atom is -0.367 e. The number of benzene rings is 1. The average molecular weight is 292 g/mol. The van der Waals surface area contributed by atoms with Crippen molar-refractivity contribution >= 4 is 5.78 Å². The minimum atomic E-state index is -0.840. The van der Waals surface area contributed by atoms with Crippen LogP contribution in [0.2, 0.25) is 0 Å². The predicted octanol–water partition coefficient (Wildman–Crippen LogP) is 4.61. The van der Waals surface area contributed by atoms with Crippen LogP contribution in [0.5, 0.6) is 0 Å². The van der Waals surface area contributed by atoms with Crippen LogP contribution in [-0.2, 0) is 4.74 Å². The van der Waals surface area contributed by atoms with Gasteiger partial charge in [-0.25, -0.2) is 4.39 Å². The predicted molar refractivity (Wildman–Crippen MR) is 82.2 cm³/mol. The van der Waals surface area contributed by atoms with Gasteiger partial charge in [-0.2, -0.15) is 0 Å². The first-order valence-electron chi connectivity index (χ1n) is 7.85. The highest BCUT2D eigenvalue weighted by atomic mass is 19.1. The Balaban J connectivity index is 2.44. The maximum Gasteiger partial charge on any atom is 0.197 e. The normalized spacial score (nSPS) is 25.9. The summed E-state index contributed by atoms with van der Waals surface area (Å²) in [6, 6.07) is 3.30. The van der Waals surface area contributed by atoms with E-state index in [-0.39, 0.29) is 11.3 Å². The van der Waals surface area contributed by atoms with E-state index in [9.17, 15) is 9.18 Å². The number of aryl methyl sites for hydroxylation is 2. The van der Waals surface area contributed by atoms with Crippen LogP contribution in [0.1, 0.15) is 61.0 Å². The van der Waals surface area contributed by atoms with Gasteiger partial charge in [0.25, 0.3) is 0 Å². The van der Waals surface area contributed by atoms with Gasteiger partial charge in [-0.3, -0.25) is 4.79 Å². The molecule has 0 spiro atoms. The van der Waals surface area contributed by atoms with Crippen LogP contribution in [0.15, 0.2) is 12.1 Å². The van der Waals surface area contributed by atoms with Crippen LogP contribution >= 0.6 is 0 Å². The van der Waals surface area contributed by atoms with Crippen molar-refractivity contribution in [1.29, 1.82) is 0 Å². The number of Topliss-reactive ketones (excluding diaryl/α,β-unsaturated/α-hetero) is 1. The highest BCUT2D eigenvalue weighted by Gasteiger charge is 2.44. The molecule has 0 amide bonds. The van der Waals surface area contributed by atoms with Crippen molar-refractivity contribution in [1.82, 2.24) is 0 Å². The molecule has 1 fully saturated rings. The van der Waals surface area contributed by atoms with Crippen LogP contribution < -0.4 is 0 Å². The number of hydrogen-bond donors (Lipinski definition) is 0. The highest BCUT2D eigenvalue weighted by Crippen LogP contribution is 2.38. The van der Waals surface area contributed by atoms with E-state index in [1.54, 1.807) is 6.92 Å². The quantitative estimate of drug-likeness (QED) is 0.757. The molecule has 1 aromatic rings. The van der Waals surface area contributed by atoms with E-state index in [0.29, 0.717) is 30.9 Å². The van der Waals surface area contributed by atoms with Gasteiger partial charge in [-0.15, -0.1) is 0 Å². The summed E-state index contributed by atoms with van der Waals surface area (Å²) in [5.74, 6) is -0.163. The third kappa shape index (κ3) is 3.18. The lowest BCUT2D eigenvalue weighted by atomic mass is 9.74. The molecule has 2 unspecified atom stereocenters. The first-order valence-corrected chi connectivity index (χ1v) is 7.85. The summed E-state index contributed by atoms with van der Waals surface area (Å²) >= 11 is 0. The zero-order valence-electron chi connectivity index (χ0n) is 13.5. The lowest BCUT2D eigenvalue weighted by Crippen LogP contribution is -2.46. The fraction of sp³-hybridized carbons (Fsp3) is 0.611. The van der Waals surface area contributed by atoms with E-state index in [0.717, 1.165) is 18.4 Å². The van der Waals surface area contributed by atoms with Crippen molar-refractivity contribution in [2.45, 2.75) is 59.0 Å². The van der Waals surface area contributed by atoms with Crippen molar-refractivity contribution in [3.8, 4) is 0 Å². The Bertz CT molecular complexity index is 511. The molecule has 1 aliphatic carbocycles. The standard InChI is InChI=1S/C18H25FO2/c1-5-21-18(8-6-7-12(2)11-18)17(20)16-14(4)9-13(3)10-15(16)19/h9-10,12H,5-8,11H2,1-4H3. The minimum absolute atomic E-state index is 0.175. The lowest BCUT2D eigenvalue weighted by molar-refractivity contribution is -0.0514. The van der Waals surface area contributed by atoms with E-state index < -0.39 is 11.4 Å². The maximum absolute atomic E-state index is 14.3. The van der Waals surface area contributed by atoms with Gasteiger partial charge in [-0.1, -0.05) is 19.4 Å². The van der Waals surface area contributed by atoms with Crippen molar-refractivity contribution in [2.24, 2.45) is 5.92 Å². The Morgan fingerprint density at radius 2 is 2.14 bits per heavy atom. The highest BCUT2D eigenvalue weighted by molar-refractivity contribution is 6.04. The molecular formula is C18H25FO2. The maximum atomic E-state index is 14.3. The largest absolute Gasteiger partial charge is 0.367 e. The zero-order valence-corrected chi connectivity index (χ0v) is 13.5. The molecule has 0 radical (unpaired) electrons. The molecule has 2 atom stereocenters. The molecule has 3 heteroatoms. The molecule has 1 aliphatic rings. The number of carbonyl (C=O) groups excluding carboxylic acids is 1. The second-order valence-corrected chi connectivity index (χ2v) is 6.40. The topological polar surface area (TPSA) is 26.3 Å². The summed E-state index contributed by atoms with van der Waals surface area (Å²) in [7, 11) is 0. The third-order valence-electron chi connectivity index (χ3n) is 4.45. The molecule has 0 heterocycles. The molecule has 0 bridgehead atoms. The molecule has 0 aromatic heterocycles. The SMILES string of the molecule is CCOC1(C(=O)c2c(C)cc(C)cc2F)CCCC(C)C1. The Hall–Kier alpha value is -1.22. The van der Waals surface area contributed by atoms with E-state index >= 15 is 0 Å². The molecule has 2 rings (SSSR count). The molecule has 1 aromatic carbocycles. The van der Waals surface area contributed by atoms with Gasteiger partial charge >= 0.3 is 0 Å². The smallest absolute Gasteiger partial charge is 0.197 e. The van der Waals surface area contributed by atoms with Gasteiger partial charge in [0.15, 0.2) is 5.78 Å². The molecular weight excluding hydrogens is 267 g/mol. The molecule has 116 valence electrons. The Kier molecular flexibility index (Phi) is 4.82. The summed E-state index contributed by atoms with van der Waals surface area (Å²) < 4.78 is 20.2. The summed E-state index contributed by atoms with van der Waals surface area (Å²) in [6.07, 6.45) is 3.44. The van der Waals surface area contributed by atoms with Gasteiger partial charge < -0.3 is 4.74 Å². The van der Waals surface area contributed by atoms with Crippen molar-refractivity contribution in [3.05, 3.63) is 34.6 Å². The molecule has 1 saturated carbocycles. The fourth-order valence-electron chi connectivity index (χ4n) is 3.61. The van der Waals surface area contributed by atoms with Gasteiger partial charge in [-0.05, 0) is 63.1 Å². The lowest BCUT2D eigenvalue weighted by Gasteiger charge is -2.38. The van der Waals surface area contributed by atoms with E-state index in [4.69, 9.17) is 4.74 Å². The van der Waals surface area contributed by atoms with E-state index in [1.165, 1.54) is 6.07 Å². The van der Waals surface area contributed by atoms with Crippen LogP contribution in [0, 0.1) is 25.6 Å². The molecule has 0 saturated heterocycles. The Morgan fingerprint density at radius 3 is 2.71 bits per heavy atom. The second-order valence-electron chi connectivity index (χ2n) is 6.40. The van der Waals surface area contributed by atoms with Crippen molar-refractivity contribution in [2.75, 3.05) is 6.61 Å². The van der Waals surface area contributed by atoms with Crippen LogP contribution in [0.25, 0.3) is 0 Å². The molecule has 0 N–H and O–H groups in total. The second kappa shape index (κ2) is 6.27. The van der Waals surface area contributed by atoms with Gasteiger partial charge in [0.05, 0.1) is 5.56 Å². The van der Waals surface area contributed by atoms with E-state index in [1.807, 2.05) is 19.9 Å². The molecule has 21 heavy (non-hydrogen) atoms. The van der Waals surface area contributed by atoms with E-state index in [2.05, 4.69) is 6.92 Å². The average Bonchev–Trinajstić information content (AvgIpc) is 2.37. The first-order chi connectivity index (χ1) is 9.89. The summed E-state index contributed by atoms with van der Waals surface area (Å²) in [6.45, 7) is 8.15. The fourth-order valence-corrected chi connectivity index (χ4v) is 3.61. The number of rotatable bonds is 4. The van der Waals surface area contributed by atoms with Crippen LogP contribution in [-0.4, -0.2) is 18.0 Å². The Morgan fingerprint density at radius 1 is 1.43 bits per heavy atom. The number of halogens is 1. The zero-order chi connectivity index (χ0) is 15.6. The van der Waals surface area contributed by atoms with Crippen molar-refractivity contribution in [3.63, 3.8) is 0 Å². The molecule has 2 nitrogen and oxygen atoms in total. The first kappa shape index (κ1) is 16.2. The van der Waals surface area contributed by atoms with Gasteiger partial charge in [0.2, 0.25) is 0 Å². The van der Waals surface area contributed by atoms with Crippen molar-refractivity contribution < 1.29 is 13.9 Å². The monoisotopic (exact) mass is 292 g/mol. The number of carbonyl (C=O) groups is 1. The summed E-state index contributed by atoms with van der Waals surface area (Å²) in [5, 5.41) is 0. The number of ether oxygens (including phenoxy) is 1. The summed E-state index contributed by atoms with van der Waals surface area (Å²) in [5.41, 5.74) is 0.912. The van der Waals surface area contributed by atoms with Gasteiger partial charge in [0, 0.05) is 6.61 Å². The number of hydrogen-bond acceptors (Lipinski definition) is 2. The van der Waals surface area contributed by atoms with Crippen LogP contribution in [0.4, 0.5) is 4.39 Å². The van der Waals surface area contributed by atoms with Gasteiger partial charge in [0.1, 0.15) is 11.4 Å².